The Morgan fingerprint density at radius 1 is 0.580 bits per heavy atom. The lowest BCUT2D eigenvalue weighted by molar-refractivity contribution is -0.493. The molecule has 4 unspecified atom stereocenters. The van der Waals surface area contributed by atoms with E-state index in [1.165, 1.54) is 0 Å². The van der Waals surface area contributed by atoms with E-state index < -0.39 is 24.1 Å². The Hall–Kier alpha value is -10.6. The number of esters is 2. The lowest BCUT2D eigenvalue weighted by Gasteiger charge is -2.37. The molecule has 6 aromatic rings. The predicted octanol–water partition coefficient (Wildman–Crippen LogP) is 12.9. The molecule has 13 rings (SSSR count). The smallest absolute Gasteiger partial charge is 0.333 e. The molecule has 4 N–H and O–H groups in total. The number of amides is 4. The number of hydrogen-bond donors (Lipinski definition) is 4. The average molecular weight is 1350 g/mol. The van der Waals surface area contributed by atoms with Crippen LogP contribution >= 0.6 is 0 Å². The summed E-state index contributed by atoms with van der Waals surface area (Å²) in [4.78, 5) is 101. The molecule has 4 atom stereocenters. The zero-order chi connectivity index (χ0) is 71.9. The summed E-state index contributed by atoms with van der Waals surface area (Å²) in [6, 6.07) is 36.6. The molecule has 0 saturated heterocycles. The quantitative estimate of drug-likeness (QED) is 0.0401. The SMILES string of the molecule is C=C(C)C(=O)OC(CCC)C(C)N(c1ccc(C2=C([O-])C(=C3C=CC(=[N+](c4ccc(C)cc4C)C(C)C(CCC)OC(=O)C(=C)C)C=C3)C2=O)cc1)c1ccc(C)cc1C.O=C1NCc2ccc(cc2)CNC(=O)c2cccc(n2)C(=O)NCC2CCC(CC2)CNC(=O)c2cccc1n2. The summed E-state index contributed by atoms with van der Waals surface area (Å²) in [6.07, 6.45) is 13.3. The van der Waals surface area contributed by atoms with E-state index in [2.05, 4.69) is 132 Å². The van der Waals surface area contributed by atoms with Crippen LogP contribution in [0.4, 0.5) is 17.1 Å². The van der Waals surface area contributed by atoms with E-state index in [9.17, 15) is 38.7 Å². The van der Waals surface area contributed by atoms with Crippen LogP contribution in [0.1, 0.15) is 174 Å². The van der Waals surface area contributed by atoms with Crippen molar-refractivity contribution in [3.63, 3.8) is 0 Å². The van der Waals surface area contributed by atoms with Crippen LogP contribution in [0.5, 0.6) is 0 Å². The van der Waals surface area contributed by atoms with Crippen LogP contribution in [-0.4, -0.2) is 99.0 Å². The molecule has 1 saturated carbocycles. The highest BCUT2D eigenvalue weighted by atomic mass is 16.5. The minimum absolute atomic E-state index is 0.151. The van der Waals surface area contributed by atoms with Gasteiger partial charge in [-0.2, -0.15) is 4.58 Å². The zero-order valence-corrected chi connectivity index (χ0v) is 59.1. The van der Waals surface area contributed by atoms with Crippen molar-refractivity contribution in [3.05, 3.63) is 249 Å². The van der Waals surface area contributed by atoms with Crippen molar-refractivity contribution in [3.8, 4) is 0 Å². The van der Waals surface area contributed by atoms with Crippen LogP contribution in [0.25, 0.3) is 5.57 Å². The third kappa shape index (κ3) is 18.2. The van der Waals surface area contributed by atoms with Crippen molar-refractivity contribution in [2.45, 2.75) is 158 Å². The first-order chi connectivity index (χ1) is 47.9. The van der Waals surface area contributed by atoms with Crippen LogP contribution < -0.4 is 31.3 Å². The van der Waals surface area contributed by atoms with Crippen molar-refractivity contribution < 1.29 is 52.7 Å². The highest BCUT2D eigenvalue weighted by Gasteiger charge is 2.37. The number of anilines is 2. The Morgan fingerprint density at radius 3 is 1.48 bits per heavy atom. The number of carbonyl (C=O) groups is 7. The Bertz CT molecular complexity index is 4160. The van der Waals surface area contributed by atoms with Gasteiger partial charge in [0.2, 0.25) is 11.4 Å². The van der Waals surface area contributed by atoms with Crippen molar-refractivity contribution in [1.82, 2.24) is 31.2 Å². The summed E-state index contributed by atoms with van der Waals surface area (Å²) < 4.78 is 14.1. The number of hydrogen-bond acceptors (Lipinski definition) is 13. The minimum atomic E-state index is -0.424. The number of aryl methyl sites for hydroxylation is 4. The maximum absolute atomic E-state index is 13.8. The Labute approximate surface area is 587 Å². The molecule has 520 valence electrons. The first-order valence-electron chi connectivity index (χ1n) is 34.6. The second-order valence-electron chi connectivity index (χ2n) is 26.6. The van der Waals surface area contributed by atoms with Gasteiger partial charge < -0.3 is 40.7 Å². The number of nitrogens with zero attached hydrogens (tertiary/aromatic N) is 4. The Morgan fingerprint density at radius 2 is 1.03 bits per heavy atom. The normalized spacial score (nSPS) is 17.6. The van der Waals surface area contributed by atoms with Crippen LogP contribution in [0, 0.1) is 39.5 Å². The van der Waals surface area contributed by atoms with Gasteiger partial charge in [-0.15, -0.1) is 0 Å². The summed E-state index contributed by atoms with van der Waals surface area (Å²) >= 11 is 0. The number of carbonyl (C=O) groups excluding carboxylic acids is 7. The third-order valence-electron chi connectivity index (χ3n) is 18.7. The standard InChI is InChI=1S/C52H60N2O6.C30H32N6O4/c1-13-15-45(59-51(57)31(3)4)37(11)53(43-27-17-33(7)29-35(43)9)41-23-19-39(20-24-41)47-49(55)48(50(47)56)40-21-25-42(26-22-40)54(44-28-18-34(8)30-36(44)10)38(12)46(16-14-2)60-52(58)32(5)6;37-27-23-3-1-4-24(35-23)28(38)32-16-20-9-13-22(14-10-20)18-34-30(40)26-6-2-5-25(36-26)29(39)33-17-21-11-7-19(8-12-21)15-31-27/h17-30,37-38,45-46H,3,5,13-16H2,1-2,4,6-12H3;1-8,11-12,20,22H,9-10,13-18H2,(H,31,37)(H,32,38)(H,33,39)(H,34,40). The maximum Gasteiger partial charge on any atom is 0.333 e. The fourth-order valence-corrected chi connectivity index (χ4v) is 13.0. The van der Waals surface area contributed by atoms with Crippen LogP contribution in [0.3, 0.4) is 0 Å². The molecule has 6 heterocycles. The highest BCUT2D eigenvalue weighted by Crippen LogP contribution is 2.40. The molecule has 7 aliphatic rings. The van der Waals surface area contributed by atoms with Gasteiger partial charge >= 0.3 is 11.9 Å². The van der Waals surface area contributed by atoms with E-state index in [1.807, 2.05) is 86.7 Å². The number of pyridine rings is 2. The monoisotopic (exact) mass is 1350 g/mol. The van der Waals surface area contributed by atoms with E-state index in [-0.39, 0.29) is 94.3 Å². The van der Waals surface area contributed by atoms with Gasteiger partial charge in [-0.3, -0.25) is 24.0 Å². The second-order valence-corrected chi connectivity index (χ2v) is 26.6. The molecule has 100 heavy (non-hydrogen) atoms. The predicted molar refractivity (Wildman–Crippen MR) is 388 cm³/mol. The van der Waals surface area contributed by atoms with E-state index in [1.54, 1.807) is 50.2 Å². The van der Waals surface area contributed by atoms with Gasteiger partial charge in [0.25, 0.3) is 23.6 Å². The molecule has 4 amide bonds. The van der Waals surface area contributed by atoms with Crippen molar-refractivity contribution in [2.75, 3.05) is 18.0 Å². The van der Waals surface area contributed by atoms with E-state index in [4.69, 9.17) is 9.47 Å². The molecule has 8 bridgehead atoms. The highest BCUT2D eigenvalue weighted by molar-refractivity contribution is 6.39. The molecule has 0 spiro atoms. The second kappa shape index (κ2) is 33.8. The van der Waals surface area contributed by atoms with E-state index in [0.717, 1.165) is 94.7 Å². The fraction of sp³-hybridized carbons (Fsp3) is 0.341. The van der Waals surface area contributed by atoms with Crippen molar-refractivity contribution in [1.29, 1.82) is 0 Å². The third-order valence-corrected chi connectivity index (χ3v) is 18.7. The topological polar surface area (TPSA) is 241 Å². The van der Waals surface area contributed by atoms with Gasteiger partial charge in [0.15, 0.2) is 17.9 Å². The molecule has 0 radical (unpaired) electrons. The van der Waals surface area contributed by atoms with E-state index in [0.29, 0.717) is 60.0 Å². The number of ketones is 1. The molecule has 4 aromatic carbocycles. The summed E-state index contributed by atoms with van der Waals surface area (Å²) in [6.45, 7) is 28.9. The molecule has 18 nitrogen and oxygen atoms in total. The molecule has 4 aliphatic heterocycles. The fourth-order valence-electron chi connectivity index (χ4n) is 13.0. The minimum Gasteiger partial charge on any atom is -0.871 e. The summed E-state index contributed by atoms with van der Waals surface area (Å²) in [5, 5.41) is 25.4. The summed E-state index contributed by atoms with van der Waals surface area (Å²) in [7, 11) is 0. The molecule has 3 aliphatic carbocycles. The average Bonchev–Trinajstić information content (AvgIpc) is 0.743. The lowest BCUT2D eigenvalue weighted by Crippen LogP contribution is -2.41. The largest absolute Gasteiger partial charge is 0.871 e. The number of aromatic nitrogens is 2. The van der Waals surface area contributed by atoms with Gasteiger partial charge in [-0.05, 0) is 187 Å². The lowest BCUT2D eigenvalue weighted by atomic mass is 9.80. The first-order valence-corrected chi connectivity index (χ1v) is 34.6. The van der Waals surface area contributed by atoms with Crippen molar-refractivity contribution in [2.24, 2.45) is 11.8 Å². The molecule has 2 aromatic heterocycles. The molecule has 18 heteroatoms. The summed E-state index contributed by atoms with van der Waals surface area (Å²) in [5.74, 6) is -2.12. The molecular formula is C82H92N8O10. The van der Waals surface area contributed by atoms with Crippen LogP contribution in [0.2, 0.25) is 0 Å². The number of Topliss-reactive ketones (excluding diaryl/α,β-unsaturated/α-hetero) is 1. The van der Waals surface area contributed by atoms with Crippen LogP contribution in [-0.2, 0) is 36.9 Å². The van der Waals surface area contributed by atoms with Gasteiger partial charge in [0.1, 0.15) is 28.9 Å². The van der Waals surface area contributed by atoms with Gasteiger partial charge in [0.05, 0.1) is 6.04 Å². The van der Waals surface area contributed by atoms with Gasteiger partial charge in [-0.1, -0.05) is 123 Å². The van der Waals surface area contributed by atoms with Gasteiger partial charge in [-0.25, -0.2) is 19.6 Å². The maximum atomic E-state index is 13.8. The molecular weight excluding hydrogens is 1260 g/mol. The van der Waals surface area contributed by atoms with Crippen LogP contribution in [0.15, 0.2) is 187 Å². The zero-order valence-electron chi connectivity index (χ0n) is 59.1. The number of rotatable bonds is 16. The number of ether oxygens (including phenoxy) is 2. The Balaban J connectivity index is 0.000000252. The van der Waals surface area contributed by atoms with Gasteiger partial charge in [0, 0.05) is 90.6 Å². The number of allylic oxidation sites excluding steroid dienone is 7. The first kappa shape index (κ1) is 73.6. The molecule has 1 fully saturated rings. The number of benzene rings is 4. The Kier molecular flexibility index (Phi) is 24.9. The number of nitrogens with one attached hydrogen (secondary N) is 4. The van der Waals surface area contributed by atoms with E-state index >= 15 is 0 Å². The van der Waals surface area contributed by atoms with Crippen molar-refractivity contribution >= 4 is 69.7 Å². The summed E-state index contributed by atoms with van der Waals surface area (Å²) in [5.41, 5.74) is 12.6.